The van der Waals surface area contributed by atoms with Crippen molar-refractivity contribution in [3.05, 3.63) is 34.9 Å². The van der Waals surface area contributed by atoms with Gasteiger partial charge in [-0.3, -0.25) is 9.48 Å². The van der Waals surface area contributed by atoms with E-state index in [4.69, 9.17) is 11.6 Å². The summed E-state index contributed by atoms with van der Waals surface area (Å²) in [4.78, 5) is 23.1. The third-order valence-electron chi connectivity index (χ3n) is 4.43. The fourth-order valence-corrected chi connectivity index (χ4v) is 3.20. The summed E-state index contributed by atoms with van der Waals surface area (Å²) < 4.78 is 1.71. The van der Waals surface area contributed by atoms with Gasteiger partial charge >= 0.3 is 0 Å². The summed E-state index contributed by atoms with van der Waals surface area (Å²) in [6, 6.07) is 0. The zero-order valence-corrected chi connectivity index (χ0v) is 15.5. The third-order valence-corrected chi connectivity index (χ3v) is 4.70. The quantitative estimate of drug-likeness (QED) is 0.747. The average molecular weight is 379 g/mol. The summed E-state index contributed by atoms with van der Waals surface area (Å²) in [6.45, 7) is 2.07. The molecule has 8 nitrogen and oxygen atoms in total. The zero-order valence-electron chi connectivity index (χ0n) is 14.7. The van der Waals surface area contributed by atoms with Crippen molar-refractivity contribution >= 4 is 23.5 Å². The van der Waals surface area contributed by atoms with Crippen LogP contribution in [0.4, 0.5) is 5.95 Å². The number of hydrogen-bond donors (Lipinski definition) is 2. The molecular formula is C17H23ClN6O2. The largest absolute Gasteiger partial charge is 0.396 e. The van der Waals surface area contributed by atoms with Gasteiger partial charge in [-0.1, -0.05) is 11.6 Å². The number of nitrogens with zero attached hydrogens (tertiary/aromatic N) is 5. The topological polar surface area (TPSA) is 96.2 Å². The Labute approximate surface area is 157 Å². The highest BCUT2D eigenvalue weighted by molar-refractivity contribution is 6.33. The predicted octanol–water partition coefficient (Wildman–Crippen LogP) is 1.04. The lowest BCUT2D eigenvalue weighted by atomic mass is 10.0. The lowest BCUT2D eigenvalue weighted by Crippen LogP contribution is -2.33. The maximum atomic E-state index is 12.5. The fraction of sp³-hybridized carbons (Fsp3) is 0.529. The SMILES string of the molecule is Cn1cc(CC(CO)CNC(=O)c2nc(N3CCCC3)ncc2Cl)cn1. The van der Waals surface area contributed by atoms with Crippen LogP contribution in [0.5, 0.6) is 0 Å². The van der Waals surface area contributed by atoms with Gasteiger partial charge in [-0.15, -0.1) is 0 Å². The molecule has 2 N–H and O–H groups in total. The molecule has 0 aromatic carbocycles. The number of rotatable bonds is 7. The zero-order chi connectivity index (χ0) is 18.5. The molecular weight excluding hydrogens is 356 g/mol. The van der Waals surface area contributed by atoms with E-state index in [1.165, 1.54) is 6.20 Å². The molecule has 1 saturated heterocycles. The minimum absolute atomic E-state index is 0.0360. The van der Waals surface area contributed by atoms with Crippen molar-refractivity contribution in [1.29, 1.82) is 0 Å². The fourth-order valence-electron chi connectivity index (χ4n) is 3.02. The van der Waals surface area contributed by atoms with E-state index in [1.54, 1.807) is 10.9 Å². The van der Waals surface area contributed by atoms with Crippen LogP contribution in [-0.4, -0.2) is 57.0 Å². The van der Waals surface area contributed by atoms with Gasteiger partial charge in [0.1, 0.15) is 0 Å². The minimum atomic E-state index is -0.359. The number of aryl methyl sites for hydroxylation is 1. The Kier molecular flexibility index (Phi) is 6.05. The molecule has 0 radical (unpaired) electrons. The number of aromatic nitrogens is 4. The van der Waals surface area contributed by atoms with Crippen molar-refractivity contribution in [1.82, 2.24) is 25.1 Å². The number of aliphatic hydroxyl groups is 1. The lowest BCUT2D eigenvalue weighted by molar-refractivity contribution is 0.0935. The van der Waals surface area contributed by atoms with Crippen molar-refractivity contribution in [3.63, 3.8) is 0 Å². The highest BCUT2D eigenvalue weighted by Crippen LogP contribution is 2.20. The lowest BCUT2D eigenvalue weighted by Gasteiger charge is -2.17. The molecule has 1 aliphatic heterocycles. The van der Waals surface area contributed by atoms with E-state index >= 15 is 0 Å². The van der Waals surface area contributed by atoms with Gasteiger partial charge < -0.3 is 15.3 Å². The summed E-state index contributed by atoms with van der Waals surface area (Å²) in [7, 11) is 1.84. The molecule has 0 spiro atoms. The smallest absolute Gasteiger partial charge is 0.271 e. The molecule has 2 aromatic heterocycles. The van der Waals surface area contributed by atoms with Crippen LogP contribution in [0.2, 0.25) is 5.02 Å². The summed E-state index contributed by atoms with van der Waals surface area (Å²) >= 11 is 6.11. The maximum Gasteiger partial charge on any atom is 0.271 e. The summed E-state index contributed by atoms with van der Waals surface area (Å²) in [5.41, 5.74) is 1.18. The van der Waals surface area contributed by atoms with E-state index in [0.29, 0.717) is 18.9 Å². The molecule has 3 rings (SSSR count). The van der Waals surface area contributed by atoms with E-state index in [-0.39, 0.29) is 29.1 Å². The third kappa shape index (κ3) is 4.50. The second kappa shape index (κ2) is 8.46. The first-order valence-electron chi connectivity index (χ1n) is 8.71. The number of anilines is 1. The van der Waals surface area contributed by atoms with Crippen LogP contribution in [0.15, 0.2) is 18.6 Å². The van der Waals surface area contributed by atoms with Gasteiger partial charge in [0.05, 0.1) is 17.4 Å². The van der Waals surface area contributed by atoms with Crippen LogP contribution >= 0.6 is 11.6 Å². The number of hydrogen-bond acceptors (Lipinski definition) is 6. The highest BCUT2D eigenvalue weighted by atomic mass is 35.5. The number of aliphatic hydroxyl groups excluding tert-OH is 1. The Morgan fingerprint density at radius 1 is 1.38 bits per heavy atom. The van der Waals surface area contributed by atoms with Gasteiger partial charge in [0.25, 0.3) is 5.91 Å². The van der Waals surface area contributed by atoms with Crippen LogP contribution < -0.4 is 10.2 Å². The number of carbonyl (C=O) groups is 1. The Hall–Kier alpha value is -2.19. The molecule has 26 heavy (non-hydrogen) atoms. The van der Waals surface area contributed by atoms with Gasteiger partial charge in [-0.25, -0.2) is 9.97 Å². The van der Waals surface area contributed by atoms with Crippen LogP contribution in [0.3, 0.4) is 0 Å². The molecule has 0 bridgehead atoms. The van der Waals surface area contributed by atoms with Crippen molar-refractivity contribution in [3.8, 4) is 0 Å². The second-order valence-corrected chi connectivity index (χ2v) is 6.95. The molecule has 1 unspecified atom stereocenters. The van der Waals surface area contributed by atoms with E-state index < -0.39 is 0 Å². The molecule has 1 fully saturated rings. The van der Waals surface area contributed by atoms with Crippen molar-refractivity contribution in [2.45, 2.75) is 19.3 Å². The number of carbonyl (C=O) groups excluding carboxylic acids is 1. The highest BCUT2D eigenvalue weighted by Gasteiger charge is 2.20. The maximum absolute atomic E-state index is 12.5. The standard InChI is InChI=1S/C17H23ClN6O2/c1-23-10-12(8-21-23)6-13(11-25)7-19-16(26)15-14(18)9-20-17(22-15)24-4-2-3-5-24/h8-10,13,25H,2-7,11H2,1H3,(H,19,26). The van der Waals surface area contributed by atoms with E-state index in [0.717, 1.165) is 31.5 Å². The summed E-state index contributed by atoms with van der Waals surface area (Å²) in [5.74, 6) is 0.0652. The van der Waals surface area contributed by atoms with Gasteiger partial charge in [-0.2, -0.15) is 5.10 Å². The Balaban J connectivity index is 1.62. The number of nitrogens with one attached hydrogen (secondary N) is 1. The molecule has 1 atom stereocenters. The summed E-state index contributed by atoms with van der Waals surface area (Å²) in [6.07, 6.45) is 7.94. The Morgan fingerprint density at radius 2 is 2.15 bits per heavy atom. The number of halogens is 1. The second-order valence-electron chi connectivity index (χ2n) is 6.55. The molecule has 1 aliphatic rings. The van der Waals surface area contributed by atoms with Gasteiger partial charge in [0.2, 0.25) is 5.95 Å². The summed E-state index contributed by atoms with van der Waals surface area (Å²) in [5, 5.41) is 16.7. The van der Waals surface area contributed by atoms with Crippen LogP contribution in [0, 0.1) is 5.92 Å². The molecule has 0 saturated carbocycles. The average Bonchev–Trinajstić information content (AvgIpc) is 3.30. The first-order chi connectivity index (χ1) is 12.6. The number of amides is 1. The first-order valence-corrected chi connectivity index (χ1v) is 9.08. The van der Waals surface area contributed by atoms with Crippen LogP contribution in [0.1, 0.15) is 28.9 Å². The molecule has 0 aliphatic carbocycles. The molecule has 9 heteroatoms. The van der Waals surface area contributed by atoms with Crippen LogP contribution in [-0.2, 0) is 13.5 Å². The predicted molar refractivity (Wildman–Crippen MR) is 98.3 cm³/mol. The monoisotopic (exact) mass is 378 g/mol. The Bertz CT molecular complexity index is 759. The van der Waals surface area contributed by atoms with E-state index in [2.05, 4.69) is 20.4 Å². The first kappa shape index (κ1) is 18.6. The molecule has 3 heterocycles. The van der Waals surface area contributed by atoms with Gasteiger partial charge in [0.15, 0.2) is 5.69 Å². The Morgan fingerprint density at radius 3 is 2.81 bits per heavy atom. The van der Waals surface area contributed by atoms with Gasteiger partial charge in [0, 0.05) is 45.4 Å². The van der Waals surface area contributed by atoms with E-state index in [1.807, 2.05) is 18.1 Å². The molecule has 140 valence electrons. The minimum Gasteiger partial charge on any atom is -0.396 e. The van der Waals surface area contributed by atoms with E-state index in [9.17, 15) is 9.90 Å². The van der Waals surface area contributed by atoms with Crippen LogP contribution in [0.25, 0.3) is 0 Å². The van der Waals surface area contributed by atoms with Gasteiger partial charge in [-0.05, 0) is 24.8 Å². The molecule has 1 amide bonds. The molecule has 2 aromatic rings. The van der Waals surface area contributed by atoms with Crippen molar-refractivity contribution in [2.75, 3.05) is 31.1 Å². The van der Waals surface area contributed by atoms with Crippen molar-refractivity contribution < 1.29 is 9.90 Å². The normalized spacial score (nSPS) is 15.3. The van der Waals surface area contributed by atoms with Crippen molar-refractivity contribution in [2.24, 2.45) is 13.0 Å².